The Morgan fingerprint density at radius 2 is 1.69 bits per heavy atom. The minimum atomic E-state index is -4.74. The number of nitrogens with zero attached hydrogens (tertiary/aromatic N) is 1. The van der Waals surface area contributed by atoms with E-state index >= 15 is 0 Å². The van der Waals surface area contributed by atoms with Crippen molar-refractivity contribution >= 4 is 39.7 Å². The fourth-order valence-corrected chi connectivity index (χ4v) is 3.73. The number of rotatable bonds is 3. The summed E-state index contributed by atoms with van der Waals surface area (Å²) in [6, 6.07) is 9.98. The first-order valence-corrected chi connectivity index (χ1v) is 9.66. The van der Waals surface area contributed by atoms with Crippen LogP contribution >= 0.6 is 23.2 Å². The second-order valence-corrected chi connectivity index (χ2v) is 8.02. The predicted molar refractivity (Wildman–Crippen MR) is 95.2 cm³/mol. The predicted octanol–water partition coefficient (Wildman–Crippen LogP) is 5.31. The Balaban J connectivity index is 1.99. The summed E-state index contributed by atoms with van der Waals surface area (Å²) in [5.41, 5.74) is -2.29. The van der Waals surface area contributed by atoms with Gasteiger partial charge in [-0.25, -0.2) is 0 Å². The molecule has 1 heterocycles. The van der Waals surface area contributed by atoms with Crippen LogP contribution in [0.5, 0.6) is 0 Å². The van der Waals surface area contributed by atoms with Crippen molar-refractivity contribution in [2.75, 3.05) is 6.26 Å². The minimum absolute atomic E-state index is 0.0722. The minimum Gasteiger partial charge on any atom is -0.374 e. The van der Waals surface area contributed by atoms with Crippen molar-refractivity contribution in [1.82, 2.24) is 0 Å². The Kier molecular flexibility index (Phi) is 5.07. The molecule has 0 saturated carbocycles. The van der Waals surface area contributed by atoms with Crippen LogP contribution in [0.3, 0.4) is 0 Å². The Labute approximate surface area is 160 Å². The van der Waals surface area contributed by atoms with E-state index in [9.17, 15) is 17.4 Å². The molecule has 2 aromatic carbocycles. The van der Waals surface area contributed by atoms with Crippen molar-refractivity contribution in [2.24, 2.45) is 5.16 Å². The fraction of sp³-hybridized carbons (Fsp3) is 0.235. The summed E-state index contributed by atoms with van der Waals surface area (Å²) < 4.78 is 53.1. The summed E-state index contributed by atoms with van der Waals surface area (Å²) in [6.07, 6.45) is -3.75. The number of benzene rings is 2. The zero-order valence-electron chi connectivity index (χ0n) is 13.3. The lowest BCUT2D eigenvalue weighted by Crippen LogP contribution is -2.42. The van der Waals surface area contributed by atoms with E-state index in [2.05, 4.69) is 5.16 Å². The van der Waals surface area contributed by atoms with Gasteiger partial charge in [0.15, 0.2) is 0 Å². The Hall–Kier alpha value is -1.57. The van der Waals surface area contributed by atoms with Crippen molar-refractivity contribution in [2.45, 2.75) is 23.1 Å². The molecule has 3 nitrogen and oxygen atoms in total. The van der Waals surface area contributed by atoms with E-state index in [1.807, 2.05) is 0 Å². The molecule has 138 valence electrons. The van der Waals surface area contributed by atoms with Gasteiger partial charge in [-0.3, -0.25) is 4.21 Å². The summed E-state index contributed by atoms with van der Waals surface area (Å²) in [4.78, 5) is 5.50. The van der Waals surface area contributed by atoms with Gasteiger partial charge in [-0.2, -0.15) is 13.2 Å². The van der Waals surface area contributed by atoms with Crippen molar-refractivity contribution in [3.63, 3.8) is 0 Å². The van der Waals surface area contributed by atoms with Gasteiger partial charge >= 0.3 is 6.18 Å². The molecule has 1 aliphatic rings. The normalized spacial score (nSPS) is 21.2. The van der Waals surface area contributed by atoms with Crippen molar-refractivity contribution in [3.05, 3.63) is 63.6 Å². The topological polar surface area (TPSA) is 38.7 Å². The molecule has 2 unspecified atom stereocenters. The Morgan fingerprint density at radius 1 is 1.12 bits per heavy atom. The largest absolute Gasteiger partial charge is 0.435 e. The summed E-state index contributed by atoms with van der Waals surface area (Å²) in [7, 11) is -1.18. The molecular weight excluding hydrogens is 410 g/mol. The van der Waals surface area contributed by atoms with Crippen LogP contribution in [0.25, 0.3) is 0 Å². The summed E-state index contributed by atoms with van der Waals surface area (Å²) in [5, 5.41) is 3.82. The van der Waals surface area contributed by atoms with Crippen LogP contribution < -0.4 is 0 Å². The lowest BCUT2D eigenvalue weighted by molar-refractivity contribution is -0.275. The lowest BCUT2D eigenvalue weighted by atomic mass is 9.86. The molecule has 2 atom stereocenters. The molecule has 9 heteroatoms. The Morgan fingerprint density at radius 3 is 2.19 bits per heavy atom. The van der Waals surface area contributed by atoms with Gasteiger partial charge in [-0.05, 0) is 35.9 Å². The summed E-state index contributed by atoms with van der Waals surface area (Å²) in [6.45, 7) is 0. The van der Waals surface area contributed by atoms with E-state index in [-0.39, 0.29) is 21.3 Å². The molecule has 0 aromatic heterocycles. The maximum absolute atomic E-state index is 13.9. The molecule has 0 bridgehead atoms. The second kappa shape index (κ2) is 6.87. The van der Waals surface area contributed by atoms with E-state index in [1.165, 1.54) is 24.5 Å². The highest BCUT2D eigenvalue weighted by atomic mass is 35.5. The third-order valence-corrected chi connectivity index (χ3v) is 5.41. The highest BCUT2D eigenvalue weighted by Gasteiger charge is 2.62. The lowest BCUT2D eigenvalue weighted by Gasteiger charge is -2.29. The SMILES string of the molecule is CS(=O)c1ccc(C2=NOC(c3cc(Cl)cc(Cl)c3)(C(F)(F)F)C2)cc1. The van der Waals surface area contributed by atoms with Crippen molar-refractivity contribution in [1.29, 1.82) is 0 Å². The average Bonchev–Trinajstić information content (AvgIpc) is 3.00. The van der Waals surface area contributed by atoms with E-state index in [4.69, 9.17) is 28.0 Å². The number of hydrogen-bond donors (Lipinski definition) is 0. The smallest absolute Gasteiger partial charge is 0.374 e. The van der Waals surface area contributed by atoms with Crippen LogP contribution in [0.1, 0.15) is 17.5 Å². The molecular formula is C17H12Cl2F3NO2S. The van der Waals surface area contributed by atoms with E-state index in [1.54, 1.807) is 24.3 Å². The molecule has 0 fully saturated rings. The van der Waals surface area contributed by atoms with Crippen LogP contribution in [0.15, 0.2) is 52.5 Å². The van der Waals surface area contributed by atoms with Crippen LogP contribution in [-0.2, 0) is 21.2 Å². The van der Waals surface area contributed by atoms with Crippen LogP contribution in [0.4, 0.5) is 13.2 Å². The summed E-state index contributed by atoms with van der Waals surface area (Å²) >= 11 is 11.7. The van der Waals surface area contributed by atoms with Crippen LogP contribution in [-0.4, -0.2) is 22.4 Å². The molecule has 0 amide bonds. The Bertz CT molecular complexity index is 880. The summed E-state index contributed by atoms with van der Waals surface area (Å²) in [5.74, 6) is 0. The second-order valence-electron chi connectivity index (χ2n) is 5.77. The zero-order chi connectivity index (χ0) is 19.1. The van der Waals surface area contributed by atoms with Gasteiger partial charge in [0, 0.05) is 44.0 Å². The molecule has 0 spiro atoms. The maximum Gasteiger partial charge on any atom is 0.435 e. The molecule has 26 heavy (non-hydrogen) atoms. The molecule has 0 radical (unpaired) electrons. The fourth-order valence-electron chi connectivity index (χ4n) is 2.68. The van der Waals surface area contributed by atoms with Gasteiger partial charge in [0.05, 0.1) is 5.71 Å². The van der Waals surface area contributed by atoms with Gasteiger partial charge in [-0.1, -0.05) is 40.5 Å². The molecule has 0 saturated heterocycles. The van der Waals surface area contributed by atoms with Gasteiger partial charge in [0.25, 0.3) is 5.60 Å². The average molecular weight is 422 g/mol. The van der Waals surface area contributed by atoms with E-state index in [0.717, 1.165) is 0 Å². The highest BCUT2D eigenvalue weighted by molar-refractivity contribution is 7.84. The molecule has 0 aliphatic carbocycles. The van der Waals surface area contributed by atoms with Crippen molar-refractivity contribution in [3.8, 4) is 0 Å². The van der Waals surface area contributed by atoms with Gasteiger partial charge in [-0.15, -0.1) is 0 Å². The highest BCUT2D eigenvalue weighted by Crippen LogP contribution is 2.49. The van der Waals surface area contributed by atoms with Gasteiger partial charge in [0.2, 0.25) is 0 Å². The first-order chi connectivity index (χ1) is 12.1. The first kappa shape index (κ1) is 19.2. The monoisotopic (exact) mass is 421 g/mol. The van der Waals surface area contributed by atoms with Gasteiger partial charge in [0.1, 0.15) is 0 Å². The molecule has 1 aliphatic heterocycles. The maximum atomic E-state index is 13.9. The third kappa shape index (κ3) is 3.48. The molecule has 2 aromatic rings. The third-order valence-electron chi connectivity index (χ3n) is 4.03. The van der Waals surface area contributed by atoms with Crippen LogP contribution in [0, 0.1) is 0 Å². The quantitative estimate of drug-likeness (QED) is 0.672. The first-order valence-electron chi connectivity index (χ1n) is 7.34. The van der Waals surface area contributed by atoms with E-state index in [0.29, 0.717) is 10.5 Å². The van der Waals surface area contributed by atoms with Crippen molar-refractivity contribution < 1.29 is 22.2 Å². The molecule has 0 N–H and O–H groups in total. The van der Waals surface area contributed by atoms with Crippen LogP contribution in [0.2, 0.25) is 10.0 Å². The zero-order valence-corrected chi connectivity index (χ0v) is 15.6. The molecule has 3 rings (SSSR count). The van der Waals surface area contributed by atoms with Gasteiger partial charge < -0.3 is 4.84 Å². The van der Waals surface area contributed by atoms with E-state index < -0.39 is 29.0 Å². The number of oxime groups is 1. The number of hydrogen-bond acceptors (Lipinski definition) is 3. The standard InChI is InChI=1S/C17H12Cl2F3NO2S/c1-26(24)14-4-2-10(3-5-14)15-9-16(25-23-15,17(20,21)22)11-6-12(18)8-13(19)7-11/h2-8H,9H2,1H3. The number of alkyl halides is 3. The number of halogens is 5.